The number of ether oxygens (including phenoxy) is 2. The molecular weight excluding hydrogens is 248 g/mol. The van der Waals surface area contributed by atoms with E-state index in [1.54, 1.807) is 12.1 Å². The van der Waals surface area contributed by atoms with Gasteiger partial charge in [-0.2, -0.15) is 0 Å². The van der Waals surface area contributed by atoms with Crippen LogP contribution in [0.5, 0.6) is 11.5 Å². The van der Waals surface area contributed by atoms with Gasteiger partial charge in [-0.15, -0.1) is 0 Å². The van der Waals surface area contributed by atoms with Crippen molar-refractivity contribution in [3.8, 4) is 11.5 Å². The third kappa shape index (κ3) is 2.62. The lowest BCUT2D eigenvalue weighted by atomic mass is 10.0. The number of aliphatic hydroxyl groups is 1. The van der Waals surface area contributed by atoms with E-state index >= 15 is 0 Å². The number of carboxylic acid groups (broad SMARTS) is 1. The second-order valence-corrected chi connectivity index (χ2v) is 4.09. The zero-order valence-electron chi connectivity index (χ0n) is 8.85. The summed E-state index contributed by atoms with van der Waals surface area (Å²) in [6.45, 7) is 0.101. The van der Waals surface area contributed by atoms with Gasteiger partial charge in [0.25, 0.3) is 0 Å². The normalized spacial score (nSPS) is 14.7. The van der Waals surface area contributed by atoms with Gasteiger partial charge in [0.2, 0.25) is 6.79 Å². The Morgan fingerprint density at radius 2 is 2.24 bits per heavy atom. The topological polar surface area (TPSA) is 76.0 Å². The first-order valence-electron chi connectivity index (χ1n) is 5.07. The molecule has 2 rings (SSSR count). The number of carboxylic acids is 1. The molecule has 5 nitrogen and oxygen atoms in total. The highest BCUT2D eigenvalue weighted by Gasteiger charge is 2.21. The molecular formula is C11H11ClO5. The number of benzene rings is 1. The van der Waals surface area contributed by atoms with Crippen LogP contribution in [0.3, 0.4) is 0 Å². The monoisotopic (exact) mass is 258 g/mol. The van der Waals surface area contributed by atoms with E-state index in [4.69, 9.17) is 26.2 Å². The SMILES string of the molecule is O=C(O)CCC(O)c1cc(Cl)c2c(c1)OCO2. The van der Waals surface area contributed by atoms with Crippen molar-refractivity contribution in [1.29, 1.82) is 0 Å². The first-order chi connectivity index (χ1) is 8.08. The first kappa shape index (κ1) is 12.0. The zero-order chi connectivity index (χ0) is 12.4. The van der Waals surface area contributed by atoms with Crippen molar-refractivity contribution in [3.05, 3.63) is 22.7 Å². The van der Waals surface area contributed by atoms with E-state index in [0.717, 1.165) is 0 Å². The predicted octanol–water partition coefficient (Wildman–Crippen LogP) is 1.97. The van der Waals surface area contributed by atoms with Crippen molar-refractivity contribution >= 4 is 17.6 Å². The minimum absolute atomic E-state index is 0.101. The molecule has 0 spiro atoms. The van der Waals surface area contributed by atoms with Crippen molar-refractivity contribution in [2.45, 2.75) is 18.9 Å². The van der Waals surface area contributed by atoms with Crippen LogP contribution in [-0.2, 0) is 4.79 Å². The molecule has 0 aromatic heterocycles. The van der Waals surface area contributed by atoms with E-state index in [0.29, 0.717) is 22.1 Å². The summed E-state index contributed by atoms with van der Waals surface area (Å²) in [5.74, 6) is -0.0152. The molecule has 0 saturated heterocycles. The molecule has 92 valence electrons. The average molecular weight is 259 g/mol. The van der Waals surface area contributed by atoms with Crippen LogP contribution in [0.1, 0.15) is 24.5 Å². The van der Waals surface area contributed by atoms with Crippen molar-refractivity contribution in [3.63, 3.8) is 0 Å². The third-order valence-electron chi connectivity index (χ3n) is 2.47. The van der Waals surface area contributed by atoms with Crippen LogP contribution >= 0.6 is 11.6 Å². The molecule has 0 bridgehead atoms. The van der Waals surface area contributed by atoms with Crippen LogP contribution in [0.15, 0.2) is 12.1 Å². The summed E-state index contributed by atoms with van der Waals surface area (Å²) in [4.78, 5) is 10.4. The van der Waals surface area contributed by atoms with E-state index in [-0.39, 0.29) is 19.6 Å². The Balaban J connectivity index is 2.16. The second kappa shape index (κ2) is 4.81. The molecule has 1 aromatic carbocycles. The fourth-order valence-corrected chi connectivity index (χ4v) is 1.88. The Morgan fingerprint density at radius 1 is 1.47 bits per heavy atom. The molecule has 1 aliphatic heterocycles. The highest BCUT2D eigenvalue weighted by Crippen LogP contribution is 2.41. The number of carbonyl (C=O) groups is 1. The Morgan fingerprint density at radius 3 is 2.94 bits per heavy atom. The Hall–Kier alpha value is -1.46. The molecule has 0 aliphatic carbocycles. The lowest BCUT2D eigenvalue weighted by molar-refractivity contribution is -0.137. The quantitative estimate of drug-likeness (QED) is 0.863. The maximum absolute atomic E-state index is 10.4. The molecule has 1 aliphatic rings. The Bertz CT molecular complexity index is 446. The summed E-state index contributed by atoms with van der Waals surface area (Å²) in [6, 6.07) is 3.17. The lowest BCUT2D eigenvalue weighted by Crippen LogP contribution is -2.02. The smallest absolute Gasteiger partial charge is 0.303 e. The van der Waals surface area contributed by atoms with Gasteiger partial charge in [-0.1, -0.05) is 11.6 Å². The van der Waals surface area contributed by atoms with E-state index in [1.807, 2.05) is 0 Å². The van der Waals surface area contributed by atoms with Gasteiger partial charge in [0, 0.05) is 6.42 Å². The first-order valence-corrected chi connectivity index (χ1v) is 5.44. The molecule has 1 aromatic rings. The van der Waals surface area contributed by atoms with Crippen LogP contribution in [-0.4, -0.2) is 23.0 Å². The molecule has 0 fully saturated rings. The van der Waals surface area contributed by atoms with Gasteiger partial charge >= 0.3 is 5.97 Å². The minimum atomic E-state index is -0.948. The highest BCUT2D eigenvalue weighted by molar-refractivity contribution is 6.32. The second-order valence-electron chi connectivity index (χ2n) is 3.68. The summed E-state index contributed by atoms with van der Waals surface area (Å²) < 4.78 is 10.3. The number of aliphatic hydroxyl groups excluding tert-OH is 1. The largest absolute Gasteiger partial charge is 0.481 e. The van der Waals surface area contributed by atoms with Gasteiger partial charge in [-0.25, -0.2) is 0 Å². The number of hydrogen-bond donors (Lipinski definition) is 2. The van der Waals surface area contributed by atoms with E-state index in [9.17, 15) is 9.90 Å². The summed E-state index contributed by atoms with van der Waals surface area (Å²) in [7, 11) is 0. The summed E-state index contributed by atoms with van der Waals surface area (Å²) in [6.07, 6.45) is -0.850. The van der Waals surface area contributed by atoms with Crippen LogP contribution in [0.25, 0.3) is 0 Å². The number of aliphatic carboxylic acids is 1. The van der Waals surface area contributed by atoms with Crippen LogP contribution in [0, 0.1) is 0 Å². The summed E-state index contributed by atoms with van der Waals surface area (Å²) in [5, 5.41) is 18.7. The number of fused-ring (bicyclic) bond motifs is 1. The molecule has 6 heteroatoms. The van der Waals surface area contributed by atoms with Gasteiger partial charge in [0.1, 0.15) is 0 Å². The number of halogens is 1. The van der Waals surface area contributed by atoms with Crippen LogP contribution in [0.4, 0.5) is 0 Å². The van der Waals surface area contributed by atoms with Crippen LogP contribution < -0.4 is 9.47 Å². The molecule has 0 saturated carbocycles. The molecule has 0 amide bonds. The number of rotatable bonds is 4. The van der Waals surface area contributed by atoms with Crippen molar-refractivity contribution in [2.24, 2.45) is 0 Å². The fourth-order valence-electron chi connectivity index (χ4n) is 1.61. The maximum atomic E-state index is 10.4. The van der Waals surface area contributed by atoms with Gasteiger partial charge in [0.05, 0.1) is 11.1 Å². The van der Waals surface area contributed by atoms with Crippen molar-refractivity contribution < 1.29 is 24.5 Å². The third-order valence-corrected chi connectivity index (χ3v) is 2.75. The molecule has 1 heterocycles. The standard InChI is InChI=1S/C11H11ClO5/c12-7-3-6(8(13)1-2-10(14)15)4-9-11(7)17-5-16-9/h3-4,8,13H,1-2,5H2,(H,14,15). The molecule has 0 radical (unpaired) electrons. The Labute approximate surface area is 103 Å². The Kier molecular flexibility index (Phi) is 3.40. The van der Waals surface area contributed by atoms with Crippen molar-refractivity contribution in [2.75, 3.05) is 6.79 Å². The molecule has 1 atom stereocenters. The van der Waals surface area contributed by atoms with Gasteiger partial charge in [-0.05, 0) is 24.1 Å². The lowest BCUT2D eigenvalue weighted by Gasteiger charge is -2.11. The van der Waals surface area contributed by atoms with Gasteiger partial charge in [0.15, 0.2) is 11.5 Å². The van der Waals surface area contributed by atoms with E-state index < -0.39 is 12.1 Å². The zero-order valence-corrected chi connectivity index (χ0v) is 9.61. The average Bonchev–Trinajstić information content (AvgIpc) is 2.74. The molecule has 2 N–H and O–H groups in total. The fraction of sp³-hybridized carbons (Fsp3) is 0.364. The van der Waals surface area contributed by atoms with E-state index in [1.165, 1.54) is 0 Å². The van der Waals surface area contributed by atoms with Crippen molar-refractivity contribution in [1.82, 2.24) is 0 Å². The minimum Gasteiger partial charge on any atom is -0.481 e. The van der Waals surface area contributed by atoms with Gasteiger partial charge in [-0.3, -0.25) is 4.79 Å². The predicted molar refractivity (Wildman–Crippen MR) is 59.4 cm³/mol. The van der Waals surface area contributed by atoms with Gasteiger partial charge < -0.3 is 19.7 Å². The molecule has 17 heavy (non-hydrogen) atoms. The maximum Gasteiger partial charge on any atom is 0.303 e. The number of hydrogen-bond acceptors (Lipinski definition) is 4. The van der Waals surface area contributed by atoms with E-state index in [2.05, 4.69) is 0 Å². The van der Waals surface area contributed by atoms with Crippen LogP contribution in [0.2, 0.25) is 5.02 Å². The summed E-state index contributed by atoms with van der Waals surface area (Å²) >= 11 is 5.95. The summed E-state index contributed by atoms with van der Waals surface area (Å²) in [5.41, 5.74) is 0.528. The highest BCUT2D eigenvalue weighted by atomic mass is 35.5. The molecule has 1 unspecified atom stereocenters.